The maximum Gasteiger partial charge on any atom is 0.139 e. The Hall–Kier alpha value is -6.84. The molecular formula is C48H32N2O. The molecule has 0 aliphatic heterocycles. The van der Waals surface area contributed by atoms with Crippen LogP contribution in [-0.4, -0.2) is 0 Å². The summed E-state index contributed by atoms with van der Waals surface area (Å²) in [6.07, 6.45) is 0. The van der Waals surface area contributed by atoms with Gasteiger partial charge in [-0.2, -0.15) is 0 Å². The molecule has 10 aromatic rings. The smallest absolute Gasteiger partial charge is 0.139 e. The fourth-order valence-electron chi connectivity index (χ4n) is 7.52. The lowest BCUT2D eigenvalue weighted by molar-refractivity contribution is 0.669. The SMILES string of the molecule is c1ccc(N(c2ccc3ccccc3c2)c2cc(N(c3ccccc3)c3ccc4ccccc4c3)c3c(c2)oc2cc4ccccc4cc23)cc1. The van der Waals surface area contributed by atoms with Crippen LogP contribution < -0.4 is 9.80 Å². The van der Waals surface area contributed by atoms with Gasteiger partial charge in [0.15, 0.2) is 0 Å². The molecule has 3 heteroatoms. The Morgan fingerprint density at radius 2 is 0.765 bits per heavy atom. The van der Waals surface area contributed by atoms with E-state index in [2.05, 4.69) is 204 Å². The standard InChI is InChI=1S/C48H32N2O/c1-3-19-39(20-4-1)49(41-25-23-33-13-7-9-15-35(33)27-41)43-31-45(48-44-29-37-17-11-12-18-38(37)30-46(44)51-47(48)32-43)50(40-21-5-2-6-22-40)42-26-24-34-14-8-10-16-36(34)28-42/h1-32H. The third kappa shape index (κ3) is 5.06. The summed E-state index contributed by atoms with van der Waals surface area (Å²) >= 11 is 0. The molecule has 0 aliphatic carbocycles. The van der Waals surface area contributed by atoms with Crippen molar-refractivity contribution in [3.05, 3.63) is 194 Å². The van der Waals surface area contributed by atoms with Crippen molar-refractivity contribution in [3.63, 3.8) is 0 Å². The predicted molar refractivity (Wildman–Crippen MR) is 216 cm³/mol. The highest BCUT2D eigenvalue weighted by Crippen LogP contribution is 2.48. The Morgan fingerprint density at radius 3 is 1.35 bits per heavy atom. The van der Waals surface area contributed by atoms with E-state index < -0.39 is 0 Å². The molecule has 0 fully saturated rings. The monoisotopic (exact) mass is 652 g/mol. The number of hydrogen-bond donors (Lipinski definition) is 0. The molecule has 1 heterocycles. The van der Waals surface area contributed by atoms with Gasteiger partial charge >= 0.3 is 0 Å². The van der Waals surface area contributed by atoms with E-state index in [0.717, 1.165) is 61.4 Å². The van der Waals surface area contributed by atoms with E-state index in [0.29, 0.717) is 0 Å². The second-order valence-corrected chi connectivity index (χ2v) is 13.0. The van der Waals surface area contributed by atoms with Gasteiger partial charge in [-0.25, -0.2) is 0 Å². The maximum absolute atomic E-state index is 6.87. The molecule has 51 heavy (non-hydrogen) atoms. The van der Waals surface area contributed by atoms with E-state index in [1.54, 1.807) is 0 Å². The van der Waals surface area contributed by atoms with Crippen LogP contribution in [0.1, 0.15) is 0 Å². The summed E-state index contributed by atoms with van der Waals surface area (Å²) in [6, 6.07) is 69.3. The van der Waals surface area contributed by atoms with E-state index in [4.69, 9.17) is 4.42 Å². The summed E-state index contributed by atoms with van der Waals surface area (Å²) in [5, 5.41) is 9.29. The molecule has 0 N–H and O–H groups in total. The molecule has 9 aromatic carbocycles. The fourth-order valence-corrected chi connectivity index (χ4v) is 7.52. The van der Waals surface area contributed by atoms with Crippen molar-refractivity contribution in [2.75, 3.05) is 9.80 Å². The summed E-state index contributed by atoms with van der Waals surface area (Å²) in [4.78, 5) is 4.72. The lowest BCUT2D eigenvalue weighted by Crippen LogP contribution is -2.13. The van der Waals surface area contributed by atoms with Gasteiger partial charge in [-0.3, -0.25) is 0 Å². The first kappa shape index (κ1) is 29.1. The molecule has 1 aromatic heterocycles. The minimum absolute atomic E-state index is 0.830. The minimum Gasteiger partial charge on any atom is -0.456 e. The zero-order valence-corrected chi connectivity index (χ0v) is 27.8. The average Bonchev–Trinajstić information content (AvgIpc) is 3.55. The van der Waals surface area contributed by atoms with Gasteiger partial charge in [0.2, 0.25) is 0 Å². The van der Waals surface area contributed by atoms with Crippen LogP contribution in [0.4, 0.5) is 34.1 Å². The normalized spacial score (nSPS) is 11.5. The van der Waals surface area contributed by atoms with Crippen LogP contribution in [0.25, 0.3) is 54.3 Å². The molecule has 10 rings (SSSR count). The number of benzene rings is 9. The first-order chi connectivity index (χ1) is 25.3. The lowest BCUT2D eigenvalue weighted by atomic mass is 10.0. The minimum atomic E-state index is 0.830. The molecule has 0 radical (unpaired) electrons. The summed E-state index contributed by atoms with van der Waals surface area (Å²) in [6.45, 7) is 0. The van der Waals surface area contributed by atoms with Gasteiger partial charge in [-0.05, 0) is 99.0 Å². The number of fused-ring (bicyclic) bond motifs is 6. The molecular weight excluding hydrogens is 621 g/mol. The van der Waals surface area contributed by atoms with Crippen molar-refractivity contribution in [2.24, 2.45) is 0 Å². The number of hydrogen-bond acceptors (Lipinski definition) is 3. The lowest BCUT2D eigenvalue weighted by Gasteiger charge is -2.30. The number of para-hydroxylation sites is 2. The van der Waals surface area contributed by atoms with Gasteiger partial charge in [-0.15, -0.1) is 0 Å². The molecule has 0 saturated heterocycles. The van der Waals surface area contributed by atoms with Crippen LogP contribution in [-0.2, 0) is 0 Å². The molecule has 0 unspecified atom stereocenters. The van der Waals surface area contributed by atoms with Gasteiger partial charge in [0, 0.05) is 34.2 Å². The van der Waals surface area contributed by atoms with E-state index in [-0.39, 0.29) is 0 Å². The molecule has 0 spiro atoms. The largest absolute Gasteiger partial charge is 0.456 e. The van der Waals surface area contributed by atoms with E-state index in [9.17, 15) is 0 Å². The average molecular weight is 653 g/mol. The molecule has 0 bridgehead atoms. The second-order valence-electron chi connectivity index (χ2n) is 13.0. The molecule has 0 atom stereocenters. The van der Waals surface area contributed by atoms with Crippen molar-refractivity contribution in [2.45, 2.75) is 0 Å². The molecule has 240 valence electrons. The Labute approximate surface area is 295 Å². The van der Waals surface area contributed by atoms with Gasteiger partial charge in [-0.1, -0.05) is 121 Å². The number of furan rings is 1. The van der Waals surface area contributed by atoms with Crippen LogP contribution >= 0.6 is 0 Å². The number of nitrogens with zero attached hydrogens (tertiary/aromatic N) is 2. The highest BCUT2D eigenvalue weighted by Gasteiger charge is 2.24. The van der Waals surface area contributed by atoms with Gasteiger partial charge in [0.25, 0.3) is 0 Å². The first-order valence-corrected chi connectivity index (χ1v) is 17.3. The quantitative estimate of drug-likeness (QED) is 0.178. The maximum atomic E-state index is 6.87. The van der Waals surface area contributed by atoms with Crippen LogP contribution in [0.15, 0.2) is 199 Å². The highest BCUT2D eigenvalue weighted by molar-refractivity contribution is 6.17. The summed E-state index contributed by atoms with van der Waals surface area (Å²) < 4.78 is 6.87. The Morgan fingerprint density at radius 1 is 0.294 bits per heavy atom. The van der Waals surface area contributed by atoms with Gasteiger partial charge in [0.05, 0.1) is 16.8 Å². The van der Waals surface area contributed by atoms with Crippen LogP contribution in [0, 0.1) is 0 Å². The number of anilines is 6. The Bertz CT molecular complexity index is 2880. The first-order valence-electron chi connectivity index (χ1n) is 17.3. The Balaban J connectivity index is 1.31. The molecule has 0 saturated carbocycles. The fraction of sp³-hybridized carbons (Fsp3) is 0. The van der Waals surface area contributed by atoms with E-state index in [1.165, 1.54) is 26.9 Å². The van der Waals surface area contributed by atoms with Gasteiger partial charge < -0.3 is 14.2 Å². The van der Waals surface area contributed by atoms with E-state index >= 15 is 0 Å². The zero-order valence-electron chi connectivity index (χ0n) is 27.8. The zero-order chi connectivity index (χ0) is 33.7. The van der Waals surface area contributed by atoms with Crippen molar-refractivity contribution < 1.29 is 4.42 Å². The third-order valence-electron chi connectivity index (χ3n) is 9.91. The van der Waals surface area contributed by atoms with Crippen molar-refractivity contribution >= 4 is 88.4 Å². The molecule has 0 amide bonds. The van der Waals surface area contributed by atoms with Crippen molar-refractivity contribution in [1.82, 2.24) is 0 Å². The highest BCUT2D eigenvalue weighted by atomic mass is 16.3. The van der Waals surface area contributed by atoms with E-state index in [1.807, 2.05) is 0 Å². The predicted octanol–water partition coefficient (Wildman–Crippen LogP) is 14.0. The number of rotatable bonds is 6. The van der Waals surface area contributed by atoms with Crippen LogP contribution in [0.3, 0.4) is 0 Å². The third-order valence-corrected chi connectivity index (χ3v) is 9.91. The molecule has 0 aliphatic rings. The molecule has 3 nitrogen and oxygen atoms in total. The second kappa shape index (κ2) is 11.9. The van der Waals surface area contributed by atoms with Crippen molar-refractivity contribution in [3.8, 4) is 0 Å². The Kier molecular flexibility index (Phi) is 6.81. The summed E-state index contributed by atoms with van der Waals surface area (Å²) in [7, 11) is 0. The van der Waals surface area contributed by atoms with Crippen LogP contribution in [0.2, 0.25) is 0 Å². The van der Waals surface area contributed by atoms with Crippen LogP contribution in [0.5, 0.6) is 0 Å². The summed E-state index contributed by atoms with van der Waals surface area (Å²) in [5.74, 6) is 0. The van der Waals surface area contributed by atoms with Gasteiger partial charge in [0.1, 0.15) is 11.2 Å². The summed E-state index contributed by atoms with van der Waals surface area (Å²) in [5.41, 5.74) is 8.02. The topological polar surface area (TPSA) is 19.6 Å². The van der Waals surface area contributed by atoms with Crippen molar-refractivity contribution in [1.29, 1.82) is 0 Å².